The van der Waals surface area contributed by atoms with Crippen molar-refractivity contribution in [1.29, 1.82) is 0 Å². The predicted octanol–water partition coefficient (Wildman–Crippen LogP) is 2.26. The largest absolute Gasteiger partial charge is 0.250 e. The molecule has 0 fully saturated rings. The fourth-order valence-electron chi connectivity index (χ4n) is 0.809. The zero-order valence-corrected chi connectivity index (χ0v) is 9.75. The maximum absolute atomic E-state index is 11.5. The zero-order valence-electron chi connectivity index (χ0n) is 7.36. The molecule has 1 N–H and O–H groups in total. The third kappa shape index (κ3) is 3.09. The fraction of sp³-hybridized carbons (Fsp3) is 0.250. The number of nitrogens with one attached hydrogen (secondary N) is 1. The minimum absolute atomic E-state index is 0.242. The van der Waals surface area contributed by atoms with Crippen molar-refractivity contribution in [1.82, 2.24) is 4.72 Å². The molecule has 1 heterocycles. The Kier molecular flexibility index (Phi) is 4.12. The van der Waals surface area contributed by atoms with Gasteiger partial charge in [-0.15, -0.1) is 17.9 Å². The lowest BCUT2D eigenvalue weighted by Crippen LogP contribution is -2.23. The van der Waals surface area contributed by atoms with Gasteiger partial charge in [0.15, 0.2) is 0 Å². The average molecular weight is 252 g/mol. The molecule has 0 bridgehead atoms. The van der Waals surface area contributed by atoms with Crippen LogP contribution < -0.4 is 4.72 Å². The molecule has 14 heavy (non-hydrogen) atoms. The number of rotatable bonds is 5. The molecule has 3 nitrogen and oxygen atoms in total. The molecule has 78 valence electrons. The second-order valence-corrected chi connectivity index (χ2v) is 6.24. The quantitative estimate of drug-likeness (QED) is 0.645. The second-order valence-electron chi connectivity index (χ2n) is 2.53. The maximum atomic E-state index is 11.5. The molecular formula is C8H10ClNO2S2. The van der Waals surface area contributed by atoms with Crippen LogP contribution in [0.15, 0.2) is 29.0 Å². The van der Waals surface area contributed by atoms with Crippen LogP contribution in [0.2, 0.25) is 4.34 Å². The molecule has 0 aromatic carbocycles. The van der Waals surface area contributed by atoms with E-state index in [-0.39, 0.29) is 4.21 Å². The summed E-state index contributed by atoms with van der Waals surface area (Å²) < 4.78 is 26.2. The van der Waals surface area contributed by atoms with Crippen LogP contribution in [0.3, 0.4) is 0 Å². The van der Waals surface area contributed by atoms with E-state index >= 15 is 0 Å². The van der Waals surface area contributed by atoms with Gasteiger partial charge in [0.1, 0.15) is 4.21 Å². The highest BCUT2D eigenvalue weighted by molar-refractivity contribution is 7.91. The molecule has 0 unspecified atom stereocenters. The molecule has 6 heteroatoms. The standard InChI is InChI=1S/C8H10ClNO2S2/c1-2-3-6-10-14(11,12)8-5-4-7(9)13-8/h2,4-5,10H,1,3,6H2. The van der Waals surface area contributed by atoms with Crippen molar-refractivity contribution >= 4 is 33.0 Å². The highest BCUT2D eigenvalue weighted by atomic mass is 35.5. The number of hydrogen-bond acceptors (Lipinski definition) is 3. The summed E-state index contributed by atoms with van der Waals surface area (Å²) in [7, 11) is -3.38. The lowest BCUT2D eigenvalue weighted by molar-refractivity contribution is 0.584. The third-order valence-corrected chi connectivity index (χ3v) is 4.64. The van der Waals surface area contributed by atoms with Crippen LogP contribution in [0.5, 0.6) is 0 Å². The average Bonchev–Trinajstić information content (AvgIpc) is 2.53. The first-order chi connectivity index (χ1) is 6.56. The SMILES string of the molecule is C=CCCNS(=O)(=O)c1ccc(Cl)s1. The van der Waals surface area contributed by atoms with Crippen LogP contribution in [0, 0.1) is 0 Å². The number of thiophene rings is 1. The van der Waals surface area contributed by atoms with Crippen LogP contribution in [-0.2, 0) is 10.0 Å². The first-order valence-corrected chi connectivity index (χ1v) is 6.60. The lowest BCUT2D eigenvalue weighted by Gasteiger charge is -2.01. The summed E-state index contributed by atoms with van der Waals surface area (Å²) in [5, 5.41) is 0. The van der Waals surface area contributed by atoms with Gasteiger partial charge >= 0.3 is 0 Å². The molecule has 0 atom stereocenters. The van der Waals surface area contributed by atoms with Crippen LogP contribution in [-0.4, -0.2) is 15.0 Å². The van der Waals surface area contributed by atoms with E-state index in [4.69, 9.17) is 11.6 Å². The van der Waals surface area contributed by atoms with E-state index in [9.17, 15) is 8.42 Å². The summed E-state index contributed by atoms with van der Waals surface area (Å²) in [5.41, 5.74) is 0. The first-order valence-electron chi connectivity index (χ1n) is 3.92. The Morgan fingerprint density at radius 3 is 2.79 bits per heavy atom. The molecule has 0 aliphatic carbocycles. The van der Waals surface area contributed by atoms with Crippen LogP contribution >= 0.6 is 22.9 Å². The minimum atomic E-state index is -3.38. The molecule has 1 rings (SSSR count). The Morgan fingerprint density at radius 1 is 1.57 bits per heavy atom. The molecule has 0 spiro atoms. The summed E-state index contributed by atoms with van der Waals surface area (Å²) in [5.74, 6) is 0. The summed E-state index contributed by atoms with van der Waals surface area (Å²) in [6.45, 7) is 3.87. The molecule has 0 saturated heterocycles. The van der Waals surface area contributed by atoms with Gasteiger partial charge < -0.3 is 0 Å². The van der Waals surface area contributed by atoms with Gasteiger partial charge in [-0.05, 0) is 18.6 Å². The van der Waals surface area contributed by atoms with Crippen LogP contribution in [0.1, 0.15) is 6.42 Å². The topological polar surface area (TPSA) is 46.2 Å². The van der Waals surface area contributed by atoms with Crippen molar-refractivity contribution in [2.45, 2.75) is 10.6 Å². The Bertz CT molecular complexity index is 411. The molecule has 1 aromatic heterocycles. The van der Waals surface area contributed by atoms with E-state index in [2.05, 4.69) is 11.3 Å². The van der Waals surface area contributed by atoms with Crippen molar-refractivity contribution < 1.29 is 8.42 Å². The highest BCUT2D eigenvalue weighted by Crippen LogP contribution is 2.25. The summed E-state index contributed by atoms with van der Waals surface area (Å²) >= 11 is 6.68. The molecule has 0 aliphatic heterocycles. The smallest absolute Gasteiger partial charge is 0.210 e. The van der Waals surface area contributed by atoms with Crippen LogP contribution in [0.4, 0.5) is 0 Å². The van der Waals surface area contributed by atoms with Gasteiger partial charge in [0.25, 0.3) is 0 Å². The summed E-state index contributed by atoms with van der Waals surface area (Å²) in [6.07, 6.45) is 2.27. The normalized spacial score (nSPS) is 11.5. The summed E-state index contributed by atoms with van der Waals surface area (Å²) in [4.78, 5) is 0. The molecular weight excluding hydrogens is 242 g/mol. The van der Waals surface area contributed by atoms with Gasteiger partial charge in [-0.3, -0.25) is 0 Å². The van der Waals surface area contributed by atoms with Gasteiger partial charge in [-0.1, -0.05) is 17.7 Å². The maximum Gasteiger partial charge on any atom is 0.250 e. The number of hydrogen-bond donors (Lipinski definition) is 1. The van der Waals surface area contributed by atoms with Crippen molar-refractivity contribution in [2.75, 3.05) is 6.54 Å². The van der Waals surface area contributed by atoms with Gasteiger partial charge in [0.05, 0.1) is 4.34 Å². The predicted molar refractivity (Wildman–Crippen MR) is 59.3 cm³/mol. The first kappa shape index (κ1) is 11.7. The van der Waals surface area contributed by atoms with Gasteiger partial charge in [0.2, 0.25) is 10.0 Å². The van der Waals surface area contributed by atoms with Crippen molar-refractivity contribution in [2.24, 2.45) is 0 Å². The molecule has 1 aromatic rings. The molecule has 0 amide bonds. The second kappa shape index (κ2) is 4.93. The zero-order chi connectivity index (χ0) is 10.6. The van der Waals surface area contributed by atoms with Gasteiger partial charge in [-0.25, -0.2) is 13.1 Å². The Balaban J connectivity index is 2.71. The number of sulfonamides is 1. The molecule has 0 saturated carbocycles. The summed E-state index contributed by atoms with van der Waals surface area (Å²) in [6, 6.07) is 3.05. The monoisotopic (exact) mass is 251 g/mol. The van der Waals surface area contributed by atoms with E-state index in [1.165, 1.54) is 6.07 Å². The van der Waals surface area contributed by atoms with Crippen LogP contribution in [0.25, 0.3) is 0 Å². The third-order valence-electron chi connectivity index (χ3n) is 1.45. The van der Waals surface area contributed by atoms with E-state index in [0.29, 0.717) is 17.3 Å². The van der Waals surface area contributed by atoms with Crippen molar-refractivity contribution in [3.8, 4) is 0 Å². The Hall–Kier alpha value is -0.360. The van der Waals surface area contributed by atoms with Gasteiger partial charge in [-0.2, -0.15) is 0 Å². The molecule has 0 aliphatic rings. The fourth-order valence-corrected chi connectivity index (χ4v) is 3.38. The van der Waals surface area contributed by atoms with E-state index in [1.807, 2.05) is 0 Å². The Labute approximate surface area is 92.5 Å². The minimum Gasteiger partial charge on any atom is -0.210 e. The molecule has 0 radical (unpaired) electrons. The van der Waals surface area contributed by atoms with Crippen molar-refractivity contribution in [3.05, 3.63) is 29.1 Å². The highest BCUT2D eigenvalue weighted by Gasteiger charge is 2.14. The van der Waals surface area contributed by atoms with E-state index in [0.717, 1.165) is 11.3 Å². The van der Waals surface area contributed by atoms with E-state index in [1.54, 1.807) is 12.1 Å². The number of halogens is 1. The Morgan fingerprint density at radius 2 is 2.29 bits per heavy atom. The van der Waals surface area contributed by atoms with Crippen molar-refractivity contribution in [3.63, 3.8) is 0 Å². The van der Waals surface area contributed by atoms with E-state index < -0.39 is 10.0 Å². The lowest BCUT2D eigenvalue weighted by atomic mass is 10.4. The van der Waals surface area contributed by atoms with Gasteiger partial charge in [0, 0.05) is 6.54 Å².